The number of aryl methyl sites for hydroxylation is 1. The Kier molecular flexibility index (Phi) is 4.24. The van der Waals surface area contributed by atoms with Gasteiger partial charge in [-0.3, -0.25) is 9.89 Å². The zero-order valence-electron chi connectivity index (χ0n) is 14.3. The lowest BCUT2D eigenvalue weighted by Crippen LogP contribution is -2.48. The maximum atomic E-state index is 13.2. The molecule has 1 fully saturated rings. The van der Waals surface area contributed by atoms with Crippen LogP contribution in [0.25, 0.3) is 10.9 Å². The number of para-hydroxylation sites is 1. The van der Waals surface area contributed by atoms with Crippen LogP contribution < -0.4 is 5.32 Å². The highest BCUT2D eigenvalue weighted by molar-refractivity contribution is 6.04. The molecule has 1 unspecified atom stereocenters. The van der Waals surface area contributed by atoms with Gasteiger partial charge in [0.15, 0.2) is 5.69 Å². The molecule has 2 N–H and O–H groups in total. The van der Waals surface area contributed by atoms with Crippen molar-refractivity contribution in [1.82, 2.24) is 20.4 Å². The standard InChI is InChI=1S/C20H22N4O/c1-2-14-7-9-15(10-8-14)18-13-21-11-12-24(18)20(25)19-16-5-3-4-6-17(16)22-23-19/h3-10,18,21H,2,11-13H2,1H3,(H,22,23). The van der Waals surface area contributed by atoms with Crippen LogP contribution in [0.3, 0.4) is 0 Å². The summed E-state index contributed by atoms with van der Waals surface area (Å²) in [6, 6.07) is 16.4. The molecular weight excluding hydrogens is 312 g/mol. The number of H-pyrrole nitrogens is 1. The van der Waals surface area contributed by atoms with Gasteiger partial charge in [-0.25, -0.2) is 0 Å². The van der Waals surface area contributed by atoms with Crippen LogP contribution in [0.5, 0.6) is 0 Å². The maximum absolute atomic E-state index is 13.2. The van der Waals surface area contributed by atoms with Gasteiger partial charge in [0.25, 0.3) is 5.91 Å². The van der Waals surface area contributed by atoms with Crippen molar-refractivity contribution in [3.63, 3.8) is 0 Å². The molecule has 0 aliphatic carbocycles. The summed E-state index contributed by atoms with van der Waals surface area (Å²) < 4.78 is 0. The van der Waals surface area contributed by atoms with Gasteiger partial charge < -0.3 is 10.2 Å². The number of nitrogens with zero attached hydrogens (tertiary/aromatic N) is 2. The normalized spacial score (nSPS) is 17.8. The molecule has 0 bridgehead atoms. The van der Waals surface area contributed by atoms with E-state index in [1.807, 2.05) is 29.2 Å². The Hall–Kier alpha value is -2.66. The fourth-order valence-corrected chi connectivity index (χ4v) is 3.48. The number of carbonyl (C=O) groups is 1. The van der Waals surface area contributed by atoms with Crippen LogP contribution in [0.1, 0.15) is 34.6 Å². The van der Waals surface area contributed by atoms with Crippen molar-refractivity contribution in [1.29, 1.82) is 0 Å². The fraction of sp³-hybridized carbons (Fsp3) is 0.300. The van der Waals surface area contributed by atoms with Gasteiger partial charge in [-0.2, -0.15) is 5.10 Å². The number of benzene rings is 2. The van der Waals surface area contributed by atoms with Crippen molar-refractivity contribution in [2.75, 3.05) is 19.6 Å². The van der Waals surface area contributed by atoms with E-state index in [1.54, 1.807) is 0 Å². The van der Waals surface area contributed by atoms with E-state index in [4.69, 9.17) is 0 Å². The molecule has 1 aromatic heterocycles. The van der Waals surface area contributed by atoms with Crippen LogP contribution in [0.4, 0.5) is 0 Å². The van der Waals surface area contributed by atoms with E-state index in [-0.39, 0.29) is 11.9 Å². The number of amides is 1. The van der Waals surface area contributed by atoms with Crippen LogP contribution in [0.15, 0.2) is 48.5 Å². The molecule has 128 valence electrons. The number of hydrogen-bond acceptors (Lipinski definition) is 3. The van der Waals surface area contributed by atoms with Crippen molar-refractivity contribution >= 4 is 16.8 Å². The van der Waals surface area contributed by atoms with Crippen LogP contribution in [0, 0.1) is 0 Å². The molecule has 1 aliphatic rings. The first-order valence-corrected chi connectivity index (χ1v) is 8.81. The number of carbonyl (C=O) groups excluding carboxylic acids is 1. The van der Waals surface area contributed by atoms with Gasteiger partial charge in [-0.1, -0.05) is 49.4 Å². The number of nitrogens with one attached hydrogen (secondary N) is 2. The Morgan fingerprint density at radius 1 is 1.20 bits per heavy atom. The number of fused-ring (bicyclic) bond motifs is 1. The Bertz CT molecular complexity index is 884. The summed E-state index contributed by atoms with van der Waals surface area (Å²) in [4.78, 5) is 15.1. The Labute approximate surface area is 147 Å². The Morgan fingerprint density at radius 3 is 2.80 bits per heavy atom. The fourth-order valence-electron chi connectivity index (χ4n) is 3.48. The summed E-state index contributed by atoms with van der Waals surface area (Å²) in [6.45, 7) is 4.40. The largest absolute Gasteiger partial charge is 0.328 e. The first kappa shape index (κ1) is 15.8. The van der Waals surface area contributed by atoms with E-state index in [2.05, 4.69) is 46.7 Å². The smallest absolute Gasteiger partial charge is 0.275 e. The predicted molar refractivity (Wildman–Crippen MR) is 98.6 cm³/mol. The summed E-state index contributed by atoms with van der Waals surface area (Å²) in [5, 5.41) is 11.5. The molecule has 25 heavy (non-hydrogen) atoms. The van der Waals surface area contributed by atoms with Crippen LogP contribution in [0.2, 0.25) is 0 Å². The van der Waals surface area contributed by atoms with Crippen LogP contribution in [-0.4, -0.2) is 40.6 Å². The average Bonchev–Trinajstić information content (AvgIpc) is 3.12. The zero-order chi connectivity index (χ0) is 17.2. The van der Waals surface area contributed by atoms with Gasteiger partial charge in [0, 0.05) is 25.0 Å². The number of hydrogen-bond donors (Lipinski definition) is 2. The predicted octanol–water partition coefficient (Wildman–Crippen LogP) is 2.91. The minimum absolute atomic E-state index is 0.0106. The van der Waals surface area contributed by atoms with Crippen molar-refractivity contribution in [2.45, 2.75) is 19.4 Å². The lowest BCUT2D eigenvalue weighted by atomic mass is 10.0. The summed E-state index contributed by atoms with van der Waals surface area (Å²) in [6.07, 6.45) is 1.02. The molecule has 1 amide bonds. The third-order valence-electron chi connectivity index (χ3n) is 4.95. The maximum Gasteiger partial charge on any atom is 0.275 e. The second kappa shape index (κ2) is 6.69. The topological polar surface area (TPSA) is 61.0 Å². The lowest BCUT2D eigenvalue weighted by molar-refractivity contribution is 0.0630. The van der Waals surface area contributed by atoms with Crippen molar-refractivity contribution in [3.8, 4) is 0 Å². The third-order valence-corrected chi connectivity index (χ3v) is 4.95. The minimum atomic E-state index is -0.0106. The Balaban J connectivity index is 1.67. The lowest BCUT2D eigenvalue weighted by Gasteiger charge is -2.36. The summed E-state index contributed by atoms with van der Waals surface area (Å²) in [5.74, 6) is -0.0106. The highest BCUT2D eigenvalue weighted by Gasteiger charge is 2.30. The van der Waals surface area contributed by atoms with E-state index in [1.165, 1.54) is 5.56 Å². The molecule has 5 heteroatoms. The van der Waals surface area contributed by atoms with Crippen molar-refractivity contribution in [3.05, 3.63) is 65.4 Å². The third kappa shape index (κ3) is 2.91. The monoisotopic (exact) mass is 334 g/mol. The quantitative estimate of drug-likeness (QED) is 0.774. The molecule has 1 atom stereocenters. The van der Waals surface area contributed by atoms with Crippen molar-refractivity contribution in [2.24, 2.45) is 0 Å². The van der Waals surface area contributed by atoms with Gasteiger partial charge in [0.05, 0.1) is 11.6 Å². The number of aromatic amines is 1. The van der Waals surface area contributed by atoms with E-state index < -0.39 is 0 Å². The summed E-state index contributed by atoms with van der Waals surface area (Å²) in [5.41, 5.74) is 3.87. The highest BCUT2D eigenvalue weighted by Crippen LogP contribution is 2.26. The van der Waals surface area contributed by atoms with E-state index in [0.29, 0.717) is 12.2 Å². The van der Waals surface area contributed by atoms with E-state index >= 15 is 0 Å². The first-order valence-electron chi connectivity index (χ1n) is 8.81. The molecule has 0 spiro atoms. The highest BCUT2D eigenvalue weighted by atomic mass is 16.2. The van der Waals surface area contributed by atoms with Gasteiger partial charge in [0.1, 0.15) is 0 Å². The summed E-state index contributed by atoms with van der Waals surface area (Å²) in [7, 11) is 0. The van der Waals surface area contributed by atoms with E-state index in [9.17, 15) is 4.79 Å². The molecule has 3 aromatic rings. The SMILES string of the molecule is CCc1ccc(C2CNCCN2C(=O)c2n[nH]c3ccccc23)cc1. The molecule has 4 rings (SSSR count). The Morgan fingerprint density at radius 2 is 2.00 bits per heavy atom. The first-order chi connectivity index (χ1) is 12.3. The van der Waals surface area contributed by atoms with Crippen molar-refractivity contribution < 1.29 is 4.79 Å². The molecule has 2 heterocycles. The number of aromatic nitrogens is 2. The molecular formula is C20H22N4O. The molecule has 1 saturated heterocycles. The van der Waals surface area contributed by atoms with Crippen LogP contribution in [-0.2, 0) is 6.42 Å². The van der Waals surface area contributed by atoms with Gasteiger partial charge in [0.2, 0.25) is 0 Å². The van der Waals surface area contributed by atoms with E-state index in [0.717, 1.165) is 36.0 Å². The molecule has 0 saturated carbocycles. The number of rotatable bonds is 3. The second-order valence-corrected chi connectivity index (χ2v) is 6.43. The number of piperazine rings is 1. The summed E-state index contributed by atoms with van der Waals surface area (Å²) >= 11 is 0. The molecule has 0 radical (unpaired) electrons. The minimum Gasteiger partial charge on any atom is -0.328 e. The van der Waals surface area contributed by atoms with Gasteiger partial charge >= 0.3 is 0 Å². The molecule has 1 aliphatic heterocycles. The van der Waals surface area contributed by atoms with Crippen LogP contribution >= 0.6 is 0 Å². The average molecular weight is 334 g/mol. The van der Waals surface area contributed by atoms with Gasteiger partial charge in [-0.05, 0) is 23.6 Å². The second-order valence-electron chi connectivity index (χ2n) is 6.43. The molecule has 5 nitrogen and oxygen atoms in total. The zero-order valence-corrected chi connectivity index (χ0v) is 14.3. The van der Waals surface area contributed by atoms with Gasteiger partial charge in [-0.15, -0.1) is 0 Å². The molecule has 2 aromatic carbocycles.